The van der Waals surface area contributed by atoms with Gasteiger partial charge in [-0.05, 0) is 18.2 Å². The molecule has 0 aliphatic rings. The van der Waals surface area contributed by atoms with E-state index in [0.717, 1.165) is 0 Å². The molecule has 2 N–H and O–H groups in total. The van der Waals surface area contributed by atoms with E-state index in [2.05, 4.69) is 10.3 Å². The molecular weight excluding hydrogens is 279 g/mol. The summed E-state index contributed by atoms with van der Waals surface area (Å²) in [7, 11) is 0. The molecule has 0 saturated carbocycles. The van der Waals surface area contributed by atoms with Gasteiger partial charge in [0.2, 0.25) is 0 Å². The van der Waals surface area contributed by atoms with Gasteiger partial charge in [0.15, 0.2) is 5.13 Å². The van der Waals surface area contributed by atoms with Gasteiger partial charge in [0, 0.05) is 16.1 Å². The number of carboxylic acids is 1. The molecule has 0 atom stereocenters. The van der Waals surface area contributed by atoms with Gasteiger partial charge in [-0.25, -0.2) is 9.37 Å². The van der Waals surface area contributed by atoms with Crippen molar-refractivity contribution in [1.82, 2.24) is 4.98 Å². The lowest BCUT2D eigenvalue weighted by atomic mass is 10.3. The number of hydrogen-bond acceptors (Lipinski definition) is 4. The molecule has 1 aromatic heterocycles. The largest absolute Gasteiger partial charge is 0.481 e. The van der Waals surface area contributed by atoms with E-state index in [9.17, 15) is 9.18 Å². The predicted molar refractivity (Wildman–Crippen MR) is 68.1 cm³/mol. The van der Waals surface area contributed by atoms with Gasteiger partial charge in [0.05, 0.1) is 12.1 Å². The van der Waals surface area contributed by atoms with Gasteiger partial charge in [-0.2, -0.15) is 0 Å². The molecule has 0 aliphatic heterocycles. The molecule has 0 aliphatic carbocycles. The van der Waals surface area contributed by atoms with E-state index in [0.29, 0.717) is 16.5 Å². The van der Waals surface area contributed by atoms with Gasteiger partial charge < -0.3 is 10.4 Å². The number of rotatable bonds is 4. The highest BCUT2D eigenvalue weighted by atomic mass is 35.5. The SMILES string of the molecule is O=C(O)Cc1csc(Nc2cc(F)cc(Cl)c2)n1. The Morgan fingerprint density at radius 2 is 2.28 bits per heavy atom. The lowest BCUT2D eigenvalue weighted by molar-refractivity contribution is -0.136. The predicted octanol–water partition coefficient (Wildman–Crippen LogP) is 3.31. The molecule has 7 heteroatoms. The van der Waals surface area contributed by atoms with E-state index in [1.165, 1.54) is 23.5 Å². The van der Waals surface area contributed by atoms with E-state index >= 15 is 0 Å². The van der Waals surface area contributed by atoms with Crippen LogP contribution in [0.25, 0.3) is 0 Å². The Balaban J connectivity index is 2.13. The summed E-state index contributed by atoms with van der Waals surface area (Å²) in [6, 6.07) is 4.04. The molecule has 0 amide bonds. The van der Waals surface area contributed by atoms with Crippen LogP contribution >= 0.6 is 22.9 Å². The third-order valence-electron chi connectivity index (χ3n) is 2.00. The molecule has 0 unspecified atom stereocenters. The van der Waals surface area contributed by atoms with Crippen molar-refractivity contribution >= 4 is 39.7 Å². The van der Waals surface area contributed by atoms with Gasteiger partial charge in [0.25, 0.3) is 0 Å². The molecule has 94 valence electrons. The lowest BCUT2D eigenvalue weighted by Crippen LogP contribution is -2.00. The molecule has 4 nitrogen and oxygen atoms in total. The zero-order valence-electron chi connectivity index (χ0n) is 8.98. The van der Waals surface area contributed by atoms with Crippen LogP contribution in [0.15, 0.2) is 23.6 Å². The second kappa shape index (κ2) is 5.32. The molecule has 0 bridgehead atoms. The van der Waals surface area contributed by atoms with Crippen molar-refractivity contribution in [3.63, 3.8) is 0 Å². The number of benzene rings is 1. The van der Waals surface area contributed by atoms with Gasteiger partial charge in [-0.1, -0.05) is 11.6 Å². The molecule has 1 aromatic carbocycles. The third-order valence-corrected chi connectivity index (χ3v) is 3.02. The quantitative estimate of drug-likeness (QED) is 0.905. The molecule has 2 aromatic rings. The van der Waals surface area contributed by atoms with E-state index in [4.69, 9.17) is 16.7 Å². The average Bonchev–Trinajstić information content (AvgIpc) is 2.62. The van der Waals surface area contributed by atoms with Crippen molar-refractivity contribution in [2.75, 3.05) is 5.32 Å². The minimum absolute atomic E-state index is 0.137. The summed E-state index contributed by atoms with van der Waals surface area (Å²) < 4.78 is 13.1. The molecule has 1 heterocycles. The fraction of sp³-hybridized carbons (Fsp3) is 0.0909. The van der Waals surface area contributed by atoms with Gasteiger partial charge in [-0.15, -0.1) is 11.3 Å². The first-order chi connectivity index (χ1) is 8.52. The van der Waals surface area contributed by atoms with Crippen molar-refractivity contribution in [2.24, 2.45) is 0 Å². The van der Waals surface area contributed by atoms with Crippen LogP contribution in [0.3, 0.4) is 0 Å². The summed E-state index contributed by atoms with van der Waals surface area (Å²) in [5.41, 5.74) is 0.925. The number of thiazole rings is 1. The van der Waals surface area contributed by atoms with E-state index in [1.807, 2.05) is 0 Å². The van der Waals surface area contributed by atoms with Crippen LogP contribution in [0.4, 0.5) is 15.2 Å². The Morgan fingerprint density at radius 3 is 2.94 bits per heavy atom. The highest BCUT2D eigenvalue weighted by Gasteiger charge is 2.07. The maximum atomic E-state index is 13.1. The van der Waals surface area contributed by atoms with Crippen LogP contribution in [0, 0.1) is 5.82 Å². The third kappa shape index (κ3) is 3.41. The van der Waals surface area contributed by atoms with Gasteiger partial charge in [-0.3, -0.25) is 4.79 Å². The number of halogens is 2. The maximum Gasteiger partial charge on any atom is 0.309 e. The van der Waals surface area contributed by atoms with Crippen LogP contribution < -0.4 is 5.32 Å². The Morgan fingerprint density at radius 1 is 1.50 bits per heavy atom. The number of carbonyl (C=O) groups is 1. The second-order valence-corrected chi connectivity index (χ2v) is 4.79. The van der Waals surface area contributed by atoms with Crippen molar-refractivity contribution in [3.8, 4) is 0 Å². The minimum Gasteiger partial charge on any atom is -0.481 e. The topological polar surface area (TPSA) is 62.2 Å². The van der Waals surface area contributed by atoms with Gasteiger partial charge in [0.1, 0.15) is 5.82 Å². The standard InChI is InChI=1S/C11H8ClFN2O2S/c12-6-1-7(13)3-8(2-6)14-11-15-9(5-18-11)4-10(16)17/h1-3,5H,4H2,(H,14,15)(H,16,17). The number of hydrogen-bond donors (Lipinski definition) is 2. The fourth-order valence-electron chi connectivity index (χ4n) is 1.35. The van der Waals surface area contributed by atoms with Gasteiger partial charge >= 0.3 is 5.97 Å². The molecule has 0 spiro atoms. The van der Waals surface area contributed by atoms with Crippen molar-refractivity contribution in [1.29, 1.82) is 0 Å². The number of carboxylic acid groups (broad SMARTS) is 1. The van der Waals surface area contributed by atoms with E-state index < -0.39 is 11.8 Å². The highest BCUT2D eigenvalue weighted by Crippen LogP contribution is 2.24. The van der Waals surface area contributed by atoms with E-state index in [-0.39, 0.29) is 11.4 Å². The molecule has 0 fully saturated rings. The summed E-state index contributed by atoms with van der Waals surface area (Å²) in [6.45, 7) is 0. The first-order valence-corrected chi connectivity index (χ1v) is 6.18. The summed E-state index contributed by atoms with van der Waals surface area (Å²) in [6.07, 6.45) is -0.137. The zero-order valence-corrected chi connectivity index (χ0v) is 10.6. The number of aliphatic carboxylic acids is 1. The van der Waals surface area contributed by atoms with Crippen LogP contribution in [0.5, 0.6) is 0 Å². The first kappa shape index (κ1) is 12.8. The Kier molecular flexibility index (Phi) is 3.78. The Labute approximate surface area is 111 Å². The van der Waals surface area contributed by atoms with Crippen molar-refractivity contribution in [2.45, 2.75) is 6.42 Å². The van der Waals surface area contributed by atoms with E-state index in [1.54, 1.807) is 11.4 Å². The van der Waals surface area contributed by atoms with Crippen LogP contribution in [-0.4, -0.2) is 16.1 Å². The maximum absolute atomic E-state index is 13.1. The molecule has 0 saturated heterocycles. The highest BCUT2D eigenvalue weighted by molar-refractivity contribution is 7.13. The smallest absolute Gasteiger partial charge is 0.309 e. The molecular formula is C11H8ClFN2O2S. The molecule has 18 heavy (non-hydrogen) atoms. The zero-order chi connectivity index (χ0) is 13.1. The number of aromatic nitrogens is 1. The summed E-state index contributed by atoms with van der Waals surface area (Å²) >= 11 is 6.96. The second-order valence-electron chi connectivity index (χ2n) is 3.50. The normalized spacial score (nSPS) is 10.3. The number of nitrogens with zero attached hydrogens (tertiary/aromatic N) is 1. The summed E-state index contributed by atoms with van der Waals surface area (Å²) in [5, 5.41) is 13.9. The van der Waals surface area contributed by atoms with Crippen LogP contribution in [0.1, 0.15) is 5.69 Å². The minimum atomic E-state index is -0.944. The molecule has 0 radical (unpaired) electrons. The summed E-state index contributed by atoms with van der Waals surface area (Å²) in [4.78, 5) is 14.6. The van der Waals surface area contributed by atoms with Crippen LogP contribution in [0.2, 0.25) is 5.02 Å². The van der Waals surface area contributed by atoms with Crippen molar-refractivity contribution in [3.05, 3.63) is 40.1 Å². The Bertz CT molecular complexity index is 568. The Hall–Kier alpha value is -1.66. The number of anilines is 2. The van der Waals surface area contributed by atoms with Crippen molar-refractivity contribution < 1.29 is 14.3 Å². The lowest BCUT2D eigenvalue weighted by Gasteiger charge is -2.03. The molecule has 2 rings (SSSR count). The fourth-order valence-corrected chi connectivity index (χ4v) is 2.30. The monoisotopic (exact) mass is 286 g/mol. The average molecular weight is 287 g/mol. The number of nitrogens with one attached hydrogen (secondary N) is 1. The first-order valence-electron chi connectivity index (χ1n) is 4.92. The van der Waals surface area contributed by atoms with Crippen LogP contribution in [-0.2, 0) is 11.2 Å². The summed E-state index contributed by atoms with van der Waals surface area (Å²) in [5.74, 6) is -1.40.